The van der Waals surface area contributed by atoms with Gasteiger partial charge in [0.25, 0.3) is 0 Å². The van der Waals surface area contributed by atoms with E-state index in [4.69, 9.17) is 0 Å². The number of hydrogen-bond acceptors (Lipinski definition) is 3. The van der Waals surface area contributed by atoms with Crippen LogP contribution in [0.2, 0.25) is 0 Å². The standard InChI is InChI=1S/C13H18N4/c1-3-4-11(2)16-12-5-7-13(8-6-12)17-14-9-10-15-17/h5-11,16H,3-4H2,1-2H3. The molecule has 0 aliphatic heterocycles. The average Bonchev–Trinajstić information content (AvgIpc) is 2.84. The highest BCUT2D eigenvalue weighted by Gasteiger charge is 2.01. The third-order valence-electron chi connectivity index (χ3n) is 2.65. The Bertz CT molecular complexity index is 433. The quantitative estimate of drug-likeness (QED) is 0.858. The van der Waals surface area contributed by atoms with Gasteiger partial charge in [0, 0.05) is 11.7 Å². The first-order chi connectivity index (χ1) is 8.29. The van der Waals surface area contributed by atoms with E-state index in [-0.39, 0.29) is 0 Å². The van der Waals surface area contributed by atoms with Crippen molar-refractivity contribution < 1.29 is 0 Å². The smallest absolute Gasteiger partial charge is 0.0858 e. The third kappa shape index (κ3) is 3.06. The second-order valence-electron chi connectivity index (χ2n) is 4.20. The van der Waals surface area contributed by atoms with E-state index >= 15 is 0 Å². The van der Waals surface area contributed by atoms with Crippen molar-refractivity contribution in [2.24, 2.45) is 0 Å². The van der Waals surface area contributed by atoms with Crippen molar-refractivity contribution in [1.82, 2.24) is 15.0 Å². The van der Waals surface area contributed by atoms with E-state index < -0.39 is 0 Å². The van der Waals surface area contributed by atoms with Crippen LogP contribution in [0.3, 0.4) is 0 Å². The molecule has 4 heteroatoms. The zero-order valence-electron chi connectivity index (χ0n) is 10.3. The molecule has 1 aromatic heterocycles. The fourth-order valence-electron chi connectivity index (χ4n) is 1.83. The van der Waals surface area contributed by atoms with Gasteiger partial charge in [-0.25, -0.2) is 0 Å². The zero-order chi connectivity index (χ0) is 12.1. The molecule has 1 aromatic carbocycles. The molecule has 0 spiro atoms. The molecule has 0 bridgehead atoms. The van der Waals surface area contributed by atoms with Crippen LogP contribution in [-0.4, -0.2) is 21.0 Å². The minimum Gasteiger partial charge on any atom is -0.383 e. The molecule has 4 nitrogen and oxygen atoms in total. The monoisotopic (exact) mass is 230 g/mol. The highest BCUT2D eigenvalue weighted by atomic mass is 15.5. The molecule has 0 radical (unpaired) electrons. The third-order valence-corrected chi connectivity index (χ3v) is 2.65. The van der Waals surface area contributed by atoms with Crippen molar-refractivity contribution in [1.29, 1.82) is 0 Å². The van der Waals surface area contributed by atoms with Crippen molar-refractivity contribution in [3.05, 3.63) is 36.7 Å². The Morgan fingerprint density at radius 1 is 1.18 bits per heavy atom. The molecule has 2 rings (SSSR count). The predicted molar refractivity (Wildman–Crippen MR) is 69.4 cm³/mol. The first-order valence-corrected chi connectivity index (χ1v) is 6.03. The normalized spacial score (nSPS) is 12.4. The van der Waals surface area contributed by atoms with Gasteiger partial charge in [0.15, 0.2) is 0 Å². The molecule has 1 unspecified atom stereocenters. The van der Waals surface area contributed by atoms with Crippen molar-refractivity contribution in [2.75, 3.05) is 5.32 Å². The van der Waals surface area contributed by atoms with E-state index in [1.54, 1.807) is 17.2 Å². The van der Waals surface area contributed by atoms with Crippen LogP contribution in [0.1, 0.15) is 26.7 Å². The van der Waals surface area contributed by atoms with Crippen molar-refractivity contribution in [3.8, 4) is 5.69 Å². The lowest BCUT2D eigenvalue weighted by Gasteiger charge is -2.14. The Morgan fingerprint density at radius 3 is 2.41 bits per heavy atom. The molecular weight excluding hydrogens is 212 g/mol. The number of hydrogen-bond donors (Lipinski definition) is 1. The van der Waals surface area contributed by atoms with Crippen LogP contribution < -0.4 is 5.32 Å². The summed E-state index contributed by atoms with van der Waals surface area (Å²) in [5.41, 5.74) is 2.12. The van der Waals surface area contributed by atoms with Crippen LogP contribution in [0.4, 0.5) is 5.69 Å². The lowest BCUT2D eigenvalue weighted by Crippen LogP contribution is -2.14. The van der Waals surface area contributed by atoms with Crippen LogP contribution in [0.15, 0.2) is 36.7 Å². The van der Waals surface area contributed by atoms with E-state index in [0.29, 0.717) is 6.04 Å². The molecule has 90 valence electrons. The molecule has 0 amide bonds. The second-order valence-corrected chi connectivity index (χ2v) is 4.20. The van der Waals surface area contributed by atoms with Crippen LogP contribution >= 0.6 is 0 Å². The Morgan fingerprint density at radius 2 is 1.82 bits per heavy atom. The summed E-state index contributed by atoms with van der Waals surface area (Å²) in [5.74, 6) is 0. The maximum absolute atomic E-state index is 4.09. The summed E-state index contributed by atoms with van der Waals surface area (Å²) in [6.45, 7) is 4.40. The molecule has 0 aliphatic rings. The van der Waals surface area contributed by atoms with E-state index in [9.17, 15) is 0 Å². The van der Waals surface area contributed by atoms with Crippen LogP contribution in [0.5, 0.6) is 0 Å². The summed E-state index contributed by atoms with van der Waals surface area (Å²) in [4.78, 5) is 1.61. The summed E-state index contributed by atoms with van der Waals surface area (Å²) >= 11 is 0. The van der Waals surface area contributed by atoms with Gasteiger partial charge in [-0.2, -0.15) is 15.0 Å². The Labute approximate surface area is 102 Å². The van der Waals surface area contributed by atoms with E-state index in [2.05, 4.69) is 41.5 Å². The lowest BCUT2D eigenvalue weighted by atomic mass is 10.2. The van der Waals surface area contributed by atoms with Crippen LogP contribution in [0, 0.1) is 0 Å². The molecule has 0 aliphatic carbocycles. The van der Waals surface area contributed by atoms with Gasteiger partial charge in [-0.3, -0.25) is 0 Å². The molecular formula is C13H18N4. The number of benzene rings is 1. The topological polar surface area (TPSA) is 42.7 Å². The Kier molecular flexibility index (Phi) is 3.75. The fraction of sp³-hybridized carbons (Fsp3) is 0.385. The minimum absolute atomic E-state index is 0.508. The minimum atomic E-state index is 0.508. The maximum Gasteiger partial charge on any atom is 0.0858 e. The number of anilines is 1. The van der Waals surface area contributed by atoms with E-state index in [0.717, 1.165) is 11.4 Å². The summed E-state index contributed by atoms with van der Waals surface area (Å²) in [7, 11) is 0. The highest BCUT2D eigenvalue weighted by Crippen LogP contribution is 2.13. The zero-order valence-corrected chi connectivity index (χ0v) is 10.3. The second kappa shape index (κ2) is 5.48. The fourth-order valence-corrected chi connectivity index (χ4v) is 1.83. The summed E-state index contributed by atoms with van der Waals surface area (Å²) in [6, 6.07) is 8.66. The molecule has 1 heterocycles. The summed E-state index contributed by atoms with van der Waals surface area (Å²) < 4.78 is 0. The Balaban J connectivity index is 2.03. The number of nitrogens with one attached hydrogen (secondary N) is 1. The van der Waals surface area contributed by atoms with Gasteiger partial charge >= 0.3 is 0 Å². The molecule has 0 saturated heterocycles. The molecule has 0 saturated carbocycles. The summed E-state index contributed by atoms with van der Waals surface area (Å²) in [6.07, 6.45) is 5.73. The van der Waals surface area contributed by atoms with Gasteiger partial charge in [-0.05, 0) is 37.6 Å². The maximum atomic E-state index is 4.09. The van der Waals surface area contributed by atoms with E-state index in [1.807, 2.05) is 12.1 Å². The highest BCUT2D eigenvalue weighted by molar-refractivity contribution is 5.48. The Hall–Kier alpha value is -1.84. The molecule has 0 fully saturated rings. The van der Waals surface area contributed by atoms with Crippen molar-refractivity contribution >= 4 is 5.69 Å². The number of aromatic nitrogens is 3. The van der Waals surface area contributed by atoms with Crippen LogP contribution in [0.25, 0.3) is 5.69 Å². The SMILES string of the molecule is CCCC(C)Nc1ccc(-n2nccn2)cc1. The van der Waals surface area contributed by atoms with Gasteiger partial charge in [-0.1, -0.05) is 13.3 Å². The van der Waals surface area contributed by atoms with E-state index in [1.165, 1.54) is 12.8 Å². The van der Waals surface area contributed by atoms with Crippen molar-refractivity contribution in [2.45, 2.75) is 32.7 Å². The van der Waals surface area contributed by atoms with Crippen LogP contribution in [-0.2, 0) is 0 Å². The van der Waals surface area contributed by atoms with Gasteiger partial charge in [0.05, 0.1) is 18.1 Å². The molecule has 2 aromatic rings. The summed E-state index contributed by atoms with van der Waals surface area (Å²) in [5, 5.41) is 11.6. The molecule has 1 N–H and O–H groups in total. The molecule has 17 heavy (non-hydrogen) atoms. The van der Waals surface area contributed by atoms with Crippen molar-refractivity contribution in [3.63, 3.8) is 0 Å². The first-order valence-electron chi connectivity index (χ1n) is 6.03. The van der Waals surface area contributed by atoms with Gasteiger partial charge in [-0.15, -0.1) is 0 Å². The van der Waals surface area contributed by atoms with Gasteiger partial charge in [0.1, 0.15) is 0 Å². The molecule has 1 atom stereocenters. The van der Waals surface area contributed by atoms with Gasteiger partial charge < -0.3 is 5.32 Å². The van der Waals surface area contributed by atoms with Gasteiger partial charge in [0.2, 0.25) is 0 Å². The number of nitrogens with zero attached hydrogens (tertiary/aromatic N) is 3. The lowest BCUT2D eigenvalue weighted by molar-refractivity contribution is 0.690. The predicted octanol–water partition coefficient (Wildman–Crippen LogP) is 2.87. The largest absolute Gasteiger partial charge is 0.383 e. The number of rotatable bonds is 5. The first kappa shape index (κ1) is 11.6. The average molecular weight is 230 g/mol.